The van der Waals surface area contributed by atoms with E-state index in [0.717, 1.165) is 12.0 Å². The van der Waals surface area contributed by atoms with Crippen molar-refractivity contribution in [2.24, 2.45) is 5.92 Å². The van der Waals surface area contributed by atoms with Crippen molar-refractivity contribution in [3.8, 4) is 0 Å². The number of rotatable bonds is 3. The fraction of sp³-hybridized carbons (Fsp3) is 0.455. The highest BCUT2D eigenvalue weighted by atomic mass is 35.5. The second kappa shape index (κ2) is 5.25. The lowest BCUT2D eigenvalue weighted by molar-refractivity contribution is 0.596. The molecular weight excluding hydrogens is 238 g/mol. The van der Waals surface area contributed by atoms with E-state index in [1.54, 1.807) is 0 Å². The van der Waals surface area contributed by atoms with Crippen molar-refractivity contribution in [2.75, 3.05) is 0 Å². The van der Waals surface area contributed by atoms with Gasteiger partial charge in [-0.3, -0.25) is 0 Å². The molecule has 0 N–H and O–H groups in total. The minimum absolute atomic E-state index is 0.146. The van der Waals surface area contributed by atoms with Crippen LogP contribution in [-0.4, -0.2) is 5.38 Å². The largest absolute Gasteiger partial charge is 0.122 e. The van der Waals surface area contributed by atoms with E-state index in [9.17, 15) is 0 Å². The van der Waals surface area contributed by atoms with E-state index >= 15 is 0 Å². The molecule has 0 radical (unpaired) electrons. The summed E-state index contributed by atoms with van der Waals surface area (Å²) in [7, 11) is 0. The maximum atomic E-state index is 6.17. The van der Waals surface area contributed by atoms with Crippen LogP contribution in [-0.2, 0) is 6.42 Å². The summed E-state index contributed by atoms with van der Waals surface area (Å²) >= 11 is 17.9. The van der Waals surface area contributed by atoms with Crippen molar-refractivity contribution < 1.29 is 0 Å². The summed E-state index contributed by atoms with van der Waals surface area (Å²) in [6, 6.07) is 5.65. The monoisotopic (exact) mass is 250 g/mol. The smallest absolute Gasteiger partial charge is 0.0595 e. The van der Waals surface area contributed by atoms with E-state index < -0.39 is 0 Å². The van der Waals surface area contributed by atoms with Gasteiger partial charge in [-0.15, -0.1) is 11.6 Å². The molecule has 0 nitrogen and oxygen atoms in total. The highest BCUT2D eigenvalue weighted by Crippen LogP contribution is 2.24. The zero-order valence-electron chi connectivity index (χ0n) is 8.23. The van der Waals surface area contributed by atoms with Crippen molar-refractivity contribution in [1.29, 1.82) is 0 Å². The Morgan fingerprint density at radius 1 is 1.14 bits per heavy atom. The number of hydrogen-bond acceptors (Lipinski definition) is 0. The number of benzene rings is 1. The fourth-order valence-corrected chi connectivity index (χ4v) is 1.63. The van der Waals surface area contributed by atoms with Crippen LogP contribution in [0.2, 0.25) is 10.0 Å². The van der Waals surface area contributed by atoms with E-state index in [1.165, 1.54) is 0 Å². The Bertz CT molecular complexity index is 307. The Kier molecular flexibility index (Phi) is 4.56. The molecule has 1 unspecified atom stereocenters. The van der Waals surface area contributed by atoms with Gasteiger partial charge in [0.2, 0.25) is 0 Å². The van der Waals surface area contributed by atoms with E-state index in [4.69, 9.17) is 34.8 Å². The Morgan fingerprint density at radius 3 is 2.29 bits per heavy atom. The summed E-state index contributed by atoms with van der Waals surface area (Å²) in [6.45, 7) is 4.21. The van der Waals surface area contributed by atoms with Gasteiger partial charge in [0, 0.05) is 5.38 Å². The molecule has 1 atom stereocenters. The normalized spacial score (nSPS) is 13.3. The third kappa shape index (κ3) is 3.34. The summed E-state index contributed by atoms with van der Waals surface area (Å²) < 4.78 is 0. The van der Waals surface area contributed by atoms with Crippen LogP contribution in [0.25, 0.3) is 0 Å². The summed E-state index contributed by atoms with van der Waals surface area (Å²) in [5.41, 5.74) is 1.13. The van der Waals surface area contributed by atoms with Gasteiger partial charge < -0.3 is 0 Å². The molecule has 1 rings (SSSR count). The fourth-order valence-electron chi connectivity index (χ4n) is 1.13. The molecule has 3 heteroatoms. The van der Waals surface area contributed by atoms with Crippen LogP contribution in [0.3, 0.4) is 0 Å². The van der Waals surface area contributed by atoms with Gasteiger partial charge in [-0.2, -0.15) is 0 Å². The molecule has 0 saturated carbocycles. The zero-order chi connectivity index (χ0) is 10.7. The average molecular weight is 252 g/mol. The van der Waals surface area contributed by atoms with Crippen molar-refractivity contribution in [3.63, 3.8) is 0 Å². The quantitative estimate of drug-likeness (QED) is 0.677. The molecule has 14 heavy (non-hydrogen) atoms. The first-order valence-electron chi connectivity index (χ1n) is 4.58. The first-order chi connectivity index (χ1) is 6.50. The molecule has 0 spiro atoms. The van der Waals surface area contributed by atoms with Crippen LogP contribution in [0.5, 0.6) is 0 Å². The predicted octanol–water partition coefficient (Wildman–Crippen LogP) is 4.80. The Balaban J connectivity index is 2.73. The van der Waals surface area contributed by atoms with Crippen LogP contribution in [0.1, 0.15) is 19.4 Å². The highest BCUT2D eigenvalue weighted by Gasteiger charge is 2.10. The van der Waals surface area contributed by atoms with Crippen molar-refractivity contribution in [2.45, 2.75) is 25.6 Å². The molecule has 0 aliphatic carbocycles. The van der Waals surface area contributed by atoms with Gasteiger partial charge in [-0.05, 0) is 30.0 Å². The second-order valence-corrected chi connectivity index (χ2v) is 5.09. The van der Waals surface area contributed by atoms with E-state index in [-0.39, 0.29) is 5.38 Å². The molecule has 0 aliphatic rings. The maximum Gasteiger partial charge on any atom is 0.0595 e. The molecule has 0 bridgehead atoms. The molecule has 0 fully saturated rings. The SMILES string of the molecule is CC(C)C(Cl)Cc1ccc(Cl)c(Cl)c1. The van der Waals surface area contributed by atoms with Gasteiger partial charge in [-0.25, -0.2) is 0 Å². The number of alkyl halides is 1. The summed E-state index contributed by atoms with van der Waals surface area (Å²) in [5.74, 6) is 0.464. The zero-order valence-corrected chi connectivity index (χ0v) is 10.5. The predicted molar refractivity (Wildman–Crippen MR) is 64.6 cm³/mol. The van der Waals surface area contributed by atoms with Crippen LogP contribution >= 0.6 is 34.8 Å². The summed E-state index contributed by atoms with van der Waals surface area (Å²) in [6.07, 6.45) is 0.829. The van der Waals surface area contributed by atoms with Crippen LogP contribution < -0.4 is 0 Å². The standard InChI is InChI=1S/C11H13Cl3/c1-7(2)10(13)5-8-3-4-9(12)11(14)6-8/h3-4,6-7,10H,5H2,1-2H3. The van der Waals surface area contributed by atoms with Gasteiger partial charge in [0.05, 0.1) is 10.0 Å². The topological polar surface area (TPSA) is 0 Å². The molecule has 1 aromatic rings. The number of hydrogen-bond donors (Lipinski definition) is 0. The Morgan fingerprint density at radius 2 is 1.79 bits per heavy atom. The van der Waals surface area contributed by atoms with Crippen LogP contribution in [0.15, 0.2) is 18.2 Å². The number of halogens is 3. The van der Waals surface area contributed by atoms with Crippen LogP contribution in [0, 0.1) is 5.92 Å². The second-order valence-electron chi connectivity index (χ2n) is 3.71. The minimum Gasteiger partial charge on any atom is -0.122 e. The molecule has 0 heterocycles. The van der Waals surface area contributed by atoms with Crippen LogP contribution in [0.4, 0.5) is 0 Å². The van der Waals surface area contributed by atoms with Crippen molar-refractivity contribution in [3.05, 3.63) is 33.8 Å². The van der Waals surface area contributed by atoms with Gasteiger partial charge >= 0.3 is 0 Å². The third-order valence-corrected chi connectivity index (χ3v) is 3.54. The molecule has 0 aromatic heterocycles. The van der Waals surface area contributed by atoms with E-state index in [1.807, 2.05) is 18.2 Å². The first kappa shape index (κ1) is 12.2. The van der Waals surface area contributed by atoms with Gasteiger partial charge in [0.1, 0.15) is 0 Å². The molecule has 0 saturated heterocycles. The molecule has 0 aliphatic heterocycles. The molecule has 78 valence electrons. The molecular formula is C11H13Cl3. The Labute approximate surface area is 100 Å². The molecule has 1 aromatic carbocycles. The lowest BCUT2D eigenvalue weighted by Gasteiger charge is -2.13. The summed E-state index contributed by atoms with van der Waals surface area (Å²) in [4.78, 5) is 0. The van der Waals surface area contributed by atoms with Crippen molar-refractivity contribution >= 4 is 34.8 Å². The average Bonchev–Trinajstić information content (AvgIpc) is 2.11. The third-order valence-electron chi connectivity index (χ3n) is 2.14. The highest BCUT2D eigenvalue weighted by molar-refractivity contribution is 6.42. The van der Waals surface area contributed by atoms with Crippen molar-refractivity contribution in [1.82, 2.24) is 0 Å². The Hall–Kier alpha value is 0.0900. The van der Waals surface area contributed by atoms with Gasteiger partial charge in [-0.1, -0.05) is 43.1 Å². The minimum atomic E-state index is 0.146. The van der Waals surface area contributed by atoms with E-state index in [0.29, 0.717) is 16.0 Å². The lowest BCUT2D eigenvalue weighted by atomic mass is 10.0. The van der Waals surface area contributed by atoms with Gasteiger partial charge in [0.15, 0.2) is 0 Å². The lowest BCUT2D eigenvalue weighted by Crippen LogP contribution is -2.10. The summed E-state index contributed by atoms with van der Waals surface area (Å²) in [5, 5.41) is 1.33. The van der Waals surface area contributed by atoms with E-state index in [2.05, 4.69) is 13.8 Å². The first-order valence-corrected chi connectivity index (χ1v) is 5.78. The molecule has 0 amide bonds. The van der Waals surface area contributed by atoms with Gasteiger partial charge in [0.25, 0.3) is 0 Å². The maximum absolute atomic E-state index is 6.17.